The molecule has 146 valence electrons. The van der Waals surface area contributed by atoms with Crippen LogP contribution in [0, 0.1) is 0 Å². The minimum atomic E-state index is -4.05. The molecule has 1 unspecified atom stereocenters. The number of rotatable bonds is 18. The lowest BCUT2D eigenvalue weighted by molar-refractivity contribution is 0.457. The van der Waals surface area contributed by atoms with Crippen LogP contribution in [0.1, 0.15) is 96.8 Å². The van der Waals surface area contributed by atoms with Crippen molar-refractivity contribution in [2.24, 2.45) is 5.73 Å². The fourth-order valence-electron chi connectivity index (χ4n) is 2.78. The van der Waals surface area contributed by atoms with E-state index in [1.807, 2.05) is 0 Å². The standard InChI is InChI=1S/C18H40N2O3S/c1-2-3-4-13-16-20-17-14-11-9-7-5-6-8-10-12-15-18(19)24(21,22)23/h18,20H,2-17,19H2,1H3,(H,21,22,23). The molecule has 6 heteroatoms. The number of nitrogens with two attached hydrogens (primary N) is 1. The Morgan fingerprint density at radius 2 is 1.21 bits per heavy atom. The van der Waals surface area contributed by atoms with E-state index >= 15 is 0 Å². The first-order chi connectivity index (χ1) is 11.5. The van der Waals surface area contributed by atoms with Gasteiger partial charge in [0.2, 0.25) is 0 Å². The highest BCUT2D eigenvalue weighted by molar-refractivity contribution is 7.86. The average molecular weight is 365 g/mol. The molecule has 0 saturated carbocycles. The van der Waals surface area contributed by atoms with Gasteiger partial charge in [-0.3, -0.25) is 4.55 Å². The van der Waals surface area contributed by atoms with Gasteiger partial charge in [0.05, 0.1) is 0 Å². The van der Waals surface area contributed by atoms with Crippen molar-refractivity contribution in [3.8, 4) is 0 Å². The third kappa shape index (κ3) is 16.7. The van der Waals surface area contributed by atoms with Crippen molar-refractivity contribution in [1.82, 2.24) is 5.32 Å². The molecule has 0 aliphatic heterocycles. The topological polar surface area (TPSA) is 92.4 Å². The lowest BCUT2D eigenvalue weighted by atomic mass is 10.1. The lowest BCUT2D eigenvalue weighted by Crippen LogP contribution is -2.29. The predicted octanol–water partition coefficient (Wildman–Crippen LogP) is 4.23. The van der Waals surface area contributed by atoms with Crippen LogP contribution < -0.4 is 11.1 Å². The summed E-state index contributed by atoms with van der Waals surface area (Å²) in [7, 11) is -4.05. The Bertz CT molecular complexity index is 361. The Labute approximate surface area is 149 Å². The molecule has 0 aromatic heterocycles. The van der Waals surface area contributed by atoms with Crippen molar-refractivity contribution in [3.05, 3.63) is 0 Å². The molecule has 0 fully saturated rings. The molecule has 0 radical (unpaired) electrons. The van der Waals surface area contributed by atoms with Gasteiger partial charge in [0, 0.05) is 0 Å². The van der Waals surface area contributed by atoms with Crippen molar-refractivity contribution in [1.29, 1.82) is 0 Å². The minimum absolute atomic E-state index is 0.351. The zero-order valence-corrected chi connectivity index (χ0v) is 16.5. The maximum atomic E-state index is 10.7. The molecular weight excluding hydrogens is 324 g/mol. The second-order valence-corrected chi connectivity index (χ2v) is 8.47. The highest BCUT2D eigenvalue weighted by atomic mass is 32.2. The SMILES string of the molecule is CCCCCCNCCCCCCCCCCCC(N)S(=O)(=O)O. The fourth-order valence-corrected chi connectivity index (χ4v) is 3.25. The molecule has 0 aliphatic rings. The highest BCUT2D eigenvalue weighted by Crippen LogP contribution is 2.12. The zero-order chi connectivity index (χ0) is 18.1. The first-order valence-corrected chi connectivity index (χ1v) is 11.4. The first-order valence-electron chi connectivity index (χ1n) is 9.91. The van der Waals surface area contributed by atoms with E-state index < -0.39 is 15.5 Å². The van der Waals surface area contributed by atoms with E-state index in [-0.39, 0.29) is 0 Å². The van der Waals surface area contributed by atoms with Crippen LogP contribution in [0.2, 0.25) is 0 Å². The van der Waals surface area contributed by atoms with E-state index in [9.17, 15) is 8.42 Å². The molecule has 0 saturated heterocycles. The minimum Gasteiger partial charge on any atom is -0.317 e. The van der Waals surface area contributed by atoms with E-state index in [1.165, 1.54) is 70.8 Å². The smallest absolute Gasteiger partial charge is 0.280 e. The van der Waals surface area contributed by atoms with Crippen LogP contribution in [-0.2, 0) is 10.1 Å². The maximum absolute atomic E-state index is 10.7. The van der Waals surface area contributed by atoms with Crippen molar-refractivity contribution >= 4 is 10.1 Å². The Kier molecular flexibility index (Phi) is 16.2. The van der Waals surface area contributed by atoms with Gasteiger partial charge in [0.1, 0.15) is 5.37 Å². The summed E-state index contributed by atoms with van der Waals surface area (Å²) in [6, 6.07) is 0. The van der Waals surface area contributed by atoms with Gasteiger partial charge in [-0.2, -0.15) is 8.42 Å². The van der Waals surface area contributed by atoms with E-state index in [4.69, 9.17) is 10.3 Å². The molecule has 0 bridgehead atoms. The van der Waals surface area contributed by atoms with E-state index in [0.29, 0.717) is 6.42 Å². The molecule has 0 amide bonds. The third-order valence-electron chi connectivity index (χ3n) is 4.43. The van der Waals surface area contributed by atoms with Gasteiger partial charge in [-0.05, 0) is 32.4 Å². The quantitative estimate of drug-likeness (QED) is 0.250. The largest absolute Gasteiger partial charge is 0.317 e. The Morgan fingerprint density at radius 3 is 1.67 bits per heavy atom. The van der Waals surface area contributed by atoms with Crippen LogP contribution in [0.3, 0.4) is 0 Å². The summed E-state index contributed by atoms with van der Waals surface area (Å²) in [5.74, 6) is 0. The fraction of sp³-hybridized carbons (Fsp3) is 1.00. The van der Waals surface area contributed by atoms with Gasteiger partial charge in [-0.25, -0.2) is 0 Å². The maximum Gasteiger partial charge on any atom is 0.280 e. The van der Waals surface area contributed by atoms with Crippen LogP contribution in [0.15, 0.2) is 0 Å². The molecule has 0 rings (SSSR count). The van der Waals surface area contributed by atoms with E-state index in [2.05, 4.69) is 12.2 Å². The van der Waals surface area contributed by atoms with Gasteiger partial charge in [-0.15, -0.1) is 0 Å². The van der Waals surface area contributed by atoms with Gasteiger partial charge in [0.25, 0.3) is 10.1 Å². The van der Waals surface area contributed by atoms with Crippen LogP contribution in [0.5, 0.6) is 0 Å². The summed E-state index contributed by atoms with van der Waals surface area (Å²) in [5, 5.41) is 2.41. The van der Waals surface area contributed by atoms with Gasteiger partial charge in [0.15, 0.2) is 0 Å². The second-order valence-electron chi connectivity index (χ2n) is 6.83. The lowest BCUT2D eigenvalue weighted by Gasteiger charge is -2.07. The first kappa shape index (κ1) is 23.8. The molecule has 0 spiro atoms. The van der Waals surface area contributed by atoms with Gasteiger partial charge >= 0.3 is 0 Å². The monoisotopic (exact) mass is 364 g/mol. The van der Waals surface area contributed by atoms with Crippen molar-refractivity contribution < 1.29 is 13.0 Å². The van der Waals surface area contributed by atoms with Gasteiger partial charge < -0.3 is 11.1 Å². The average Bonchev–Trinajstić information content (AvgIpc) is 2.53. The Hall–Kier alpha value is -0.170. The Balaban J connectivity index is 3.13. The van der Waals surface area contributed by atoms with E-state index in [0.717, 1.165) is 25.8 Å². The molecule has 4 N–H and O–H groups in total. The number of hydrogen-bond acceptors (Lipinski definition) is 4. The molecule has 0 aromatic rings. The number of unbranched alkanes of at least 4 members (excludes halogenated alkanes) is 11. The van der Waals surface area contributed by atoms with Gasteiger partial charge in [-0.1, -0.05) is 77.6 Å². The van der Waals surface area contributed by atoms with Crippen molar-refractivity contribution in [3.63, 3.8) is 0 Å². The molecular formula is C18H40N2O3S. The highest BCUT2D eigenvalue weighted by Gasteiger charge is 2.16. The predicted molar refractivity (Wildman–Crippen MR) is 103 cm³/mol. The van der Waals surface area contributed by atoms with Crippen LogP contribution in [0.25, 0.3) is 0 Å². The van der Waals surface area contributed by atoms with Crippen LogP contribution >= 0.6 is 0 Å². The number of nitrogens with one attached hydrogen (secondary N) is 1. The van der Waals surface area contributed by atoms with Crippen molar-refractivity contribution in [2.75, 3.05) is 13.1 Å². The third-order valence-corrected chi connectivity index (χ3v) is 5.43. The summed E-state index contributed by atoms with van der Waals surface area (Å²) >= 11 is 0. The molecule has 0 aromatic carbocycles. The summed E-state index contributed by atoms with van der Waals surface area (Å²) in [6.07, 6.45) is 16.2. The van der Waals surface area contributed by atoms with Crippen LogP contribution in [0.4, 0.5) is 0 Å². The van der Waals surface area contributed by atoms with E-state index in [1.54, 1.807) is 0 Å². The second kappa shape index (κ2) is 16.3. The molecule has 5 nitrogen and oxygen atoms in total. The number of hydrogen-bond donors (Lipinski definition) is 3. The Morgan fingerprint density at radius 1 is 0.792 bits per heavy atom. The molecule has 0 heterocycles. The zero-order valence-electron chi connectivity index (χ0n) is 15.6. The summed E-state index contributed by atoms with van der Waals surface area (Å²) < 4.78 is 30.3. The summed E-state index contributed by atoms with van der Waals surface area (Å²) in [6.45, 7) is 4.56. The van der Waals surface area contributed by atoms with Crippen LogP contribution in [-0.4, -0.2) is 31.4 Å². The summed E-state index contributed by atoms with van der Waals surface area (Å²) in [4.78, 5) is 0. The summed E-state index contributed by atoms with van der Waals surface area (Å²) in [5.41, 5.74) is 5.37. The molecule has 1 atom stereocenters. The normalized spacial score (nSPS) is 13.3. The van der Waals surface area contributed by atoms with Crippen molar-refractivity contribution in [2.45, 2.75) is 102 Å². The molecule has 24 heavy (non-hydrogen) atoms. The molecule has 0 aliphatic carbocycles.